The van der Waals surface area contributed by atoms with Crippen LogP contribution in [0.2, 0.25) is 5.02 Å². The molecule has 2 heterocycles. The fourth-order valence-electron chi connectivity index (χ4n) is 2.70. The Bertz CT molecular complexity index is 1020. The summed E-state index contributed by atoms with van der Waals surface area (Å²) in [7, 11) is 0. The Morgan fingerprint density at radius 3 is 2.61 bits per heavy atom. The Labute approximate surface area is 166 Å². The first-order valence-corrected chi connectivity index (χ1v) is 9.03. The molecule has 1 amide bonds. The van der Waals surface area contributed by atoms with Gasteiger partial charge in [-0.05, 0) is 36.8 Å². The van der Waals surface area contributed by atoms with Crippen molar-refractivity contribution in [3.05, 3.63) is 64.9 Å². The van der Waals surface area contributed by atoms with Gasteiger partial charge in [-0.15, -0.1) is 0 Å². The zero-order valence-corrected chi connectivity index (χ0v) is 15.8. The third-order valence-electron chi connectivity index (χ3n) is 4.23. The number of nitrogens with one attached hydrogen (secondary N) is 2. The zero-order chi connectivity index (χ0) is 19.5. The fourth-order valence-corrected chi connectivity index (χ4v) is 2.87. The number of amides is 1. The van der Waals surface area contributed by atoms with Gasteiger partial charge >= 0.3 is 0 Å². The van der Waals surface area contributed by atoms with Crippen LogP contribution in [0.25, 0.3) is 0 Å². The molecule has 0 saturated carbocycles. The maximum absolute atomic E-state index is 12.4. The van der Waals surface area contributed by atoms with Crippen molar-refractivity contribution >= 4 is 34.8 Å². The number of halogens is 1. The molecule has 142 valence electrons. The minimum absolute atomic E-state index is 0.309. The van der Waals surface area contributed by atoms with Crippen molar-refractivity contribution in [3.63, 3.8) is 0 Å². The van der Waals surface area contributed by atoms with E-state index in [-0.39, 0.29) is 5.91 Å². The van der Waals surface area contributed by atoms with Gasteiger partial charge in [-0.1, -0.05) is 17.7 Å². The van der Waals surface area contributed by atoms with Crippen LogP contribution in [0.4, 0.5) is 17.3 Å². The second kappa shape index (κ2) is 7.74. The van der Waals surface area contributed by atoms with E-state index in [1.54, 1.807) is 18.2 Å². The van der Waals surface area contributed by atoms with Crippen molar-refractivity contribution in [2.75, 3.05) is 23.8 Å². The van der Waals surface area contributed by atoms with E-state index >= 15 is 0 Å². The van der Waals surface area contributed by atoms with Crippen LogP contribution in [0.1, 0.15) is 15.9 Å². The second-order valence-corrected chi connectivity index (χ2v) is 6.55. The predicted molar refractivity (Wildman–Crippen MR) is 107 cm³/mol. The Morgan fingerprint density at radius 1 is 1.07 bits per heavy atom. The number of hydrogen-bond donors (Lipinski definition) is 2. The number of anilines is 3. The van der Waals surface area contributed by atoms with Gasteiger partial charge in [0.1, 0.15) is 13.2 Å². The summed E-state index contributed by atoms with van der Waals surface area (Å²) >= 11 is 6.08. The van der Waals surface area contributed by atoms with E-state index in [9.17, 15) is 4.79 Å². The molecular formula is C20H17ClN4O3. The summed E-state index contributed by atoms with van der Waals surface area (Å²) in [6.45, 7) is 2.90. The highest BCUT2D eigenvalue weighted by atomic mass is 35.5. The molecule has 28 heavy (non-hydrogen) atoms. The van der Waals surface area contributed by atoms with Crippen molar-refractivity contribution < 1.29 is 14.3 Å². The van der Waals surface area contributed by atoms with Crippen molar-refractivity contribution in [2.24, 2.45) is 0 Å². The first-order chi connectivity index (χ1) is 13.6. The molecule has 0 fully saturated rings. The van der Waals surface area contributed by atoms with Gasteiger partial charge in [0.2, 0.25) is 5.95 Å². The van der Waals surface area contributed by atoms with E-state index in [4.69, 9.17) is 21.1 Å². The molecule has 7 nitrogen and oxygen atoms in total. The molecule has 1 aromatic heterocycles. The maximum Gasteiger partial charge on any atom is 0.258 e. The van der Waals surface area contributed by atoms with Gasteiger partial charge in [0.05, 0.1) is 5.56 Å². The topological polar surface area (TPSA) is 85.4 Å². The van der Waals surface area contributed by atoms with Crippen molar-refractivity contribution in [1.29, 1.82) is 0 Å². The number of fused-ring (bicyclic) bond motifs is 1. The Balaban J connectivity index is 1.45. The van der Waals surface area contributed by atoms with Gasteiger partial charge in [-0.3, -0.25) is 4.79 Å². The van der Waals surface area contributed by atoms with Crippen LogP contribution in [-0.2, 0) is 0 Å². The molecule has 0 bridgehead atoms. The maximum atomic E-state index is 12.4. The van der Waals surface area contributed by atoms with E-state index in [2.05, 4.69) is 20.6 Å². The molecule has 3 aromatic rings. The lowest BCUT2D eigenvalue weighted by atomic mass is 10.2. The summed E-state index contributed by atoms with van der Waals surface area (Å²) < 4.78 is 11.1. The number of aromatic nitrogens is 2. The van der Waals surface area contributed by atoms with Crippen LogP contribution in [0.15, 0.2) is 48.8 Å². The Morgan fingerprint density at radius 2 is 1.82 bits per heavy atom. The zero-order valence-electron chi connectivity index (χ0n) is 15.0. The molecule has 0 atom stereocenters. The third-order valence-corrected chi connectivity index (χ3v) is 4.64. The summed E-state index contributed by atoms with van der Waals surface area (Å²) in [5.74, 6) is 1.44. The molecule has 1 aliphatic rings. The molecule has 2 N–H and O–H groups in total. The number of rotatable bonds is 4. The molecule has 0 aliphatic carbocycles. The number of nitrogens with zero attached hydrogens (tertiary/aromatic N) is 2. The number of ether oxygens (including phenoxy) is 2. The average molecular weight is 397 g/mol. The van der Waals surface area contributed by atoms with Crippen molar-refractivity contribution in [3.8, 4) is 11.5 Å². The lowest BCUT2D eigenvalue weighted by molar-refractivity contribution is 0.102. The minimum Gasteiger partial charge on any atom is -0.486 e. The molecule has 1 aliphatic heterocycles. The Hall–Kier alpha value is -3.32. The summed E-state index contributed by atoms with van der Waals surface area (Å²) in [6, 6.07) is 10.8. The van der Waals surface area contributed by atoms with Crippen LogP contribution in [-0.4, -0.2) is 29.1 Å². The SMILES string of the molecule is Cc1c(Cl)cccc1NC(=O)c1cnc(Nc2ccc3c(c2)OCCO3)nc1. The van der Waals surface area contributed by atoms with Crippen LogP contribution in [0.3, 0.4) is 0 Å². The van der Waals surface area contributed by atoms with E-state index in [1.807, 2.05) is 25.1 Å². The summed E-state index contributed by atoms with van der Waals surface area (Å²) in [6.07, 6.45) is 2.92. The largest absolute Gasteiger partial charge is 0.486 e. The fraction of sp³-hybridized carbons (Fsp3) is 0.150. The van der Waals surface area contributed by atoms with E-state index in [0.29, 0.717) is 46.9 Å². The standard InChI is InChI=1S/C20H17ClN4O3/c1-12-15(21)3-2-4-16(12)25-19(26)13-10-22-20(23-11-13)24-14-5-6-17-18(9-14)28-8-7-27-17/h2-6,9-11H,7-8H2,1H3,(H,25,26)(H,22,23,24). The average Bonchev–Trinajstić information content (AvgIpc) is 2.72. The van der Waals surface area contributed by atoms with Crippen molar-refractivity contribution in [2.45, 2.75) is 6.92 Å². The van der Waals surface area contributed by atoms with E-state index in [1.165, 1.54) is 12.4 Å². The van der Waals surface area contributed by atoms with Crippen LogP contribution < -0.4 is 20.1 Å². The molecule has 2 aromatic carbocycles. The van der Waals surface area contributed by atoms with E-state index < -0.39 is 0 Å². The molecule has 0 radical (unpaired) electrons. The van der Waals surface area contributed by atoms with Crippen LogP contribution >= 0.6 is 11.6 Å². The Kier molecular flexibility index (Phi) is 4.99. The highest BCUT2D eigenvalue weighted by molar-refractivity contribution is 6.31. The first kappa shape index (κ1) is 18.1. The lowest BCUT2D eigenvalue weighted by Gasteiger charge is -2.19. The molecular weight excluding hydrogens is 380 g/mol. The van der Waals surface area contributed by atoms with Gasteiger partial charge in [-0.25, -0.2) is 9.97 Å². The number of benzene rings is 2. The summed E-state index contributed by atoms with van der Waals surface area (Å²) in [5, 5.41) is 6.49. The van der Waals surface area contributed by atoms with Gasteiger partial charge in [0.15, 0.2) is 11.5 Å². The van der Waals surface area contributed by atoms with Crippen LogP contribution in [0, 0.1) is 6.92 Å². The van der Waals surface area contributed by atoms with Gasteiger partial charge in [0.25, 0.3) is 5.91 Å². The molecule has 0 saturated heterocycles. The lowest BCUT2D eigenvalue weighted by Crippen LogP contribution is -2.15. The van der Waals surface area contributed by atoms with Gasteiger partial charge < -0.3 is 20.1 Å². The highest BCUT2D eigenvalue weighted by Crippen LogP contribution is 2.33. The summed E-state index contributed by atoms with van der Waals surface area (Å²) in [5.41, 5.74) is 2.55. The third kappa shape index (κ3) is 3.84. The predicted octanol–water partition coefficient (Wildman–Crippen LogP) is 4.21. The molecule has 4 rings (SSSR count). The smallest absolute Gasteiger partial charge is 0.258 e. The molecule has 0 spiro atoms. The molecule has 8 heteroatoms. The van der Waals surface area contributed by atoms with Crippen LogP contribution in [0.5, 0.6) is 11.5 Å². The number of carbonyl (C=O) groups is 1. The van der Waals surface area contributed by atoms with Gasteiger partial charge in [0, 0.05) is 34.9 Å². The highest BCUT2D eigenvalue weighted by Gasteiger charge is 2.13. The number of hydrogen-bond acceptors (Lipinski definition) is 6. The normalized spacial score (nSPS) is 12.4. The monoisotopic (exact) mass is 396 g/mol. The van der Waals surface area contributed by atoms with Crippen molar-refractivity contribution in [1.82, 2.24) is 9.97 Å². The second-order valence-electron chi connectivity index (χ2n) is 6.15. The number of carbonyl (C=O) groups excluding carboxylic acids is 1. The quantitative estimate of drug-likeness (QED) is 0.687. The van der Waals surface area contributed by atoms with Gasteiger partial charge in [-0.2, -0.15) is 0 Å². The van der Waals surface area contributed by atoms with E-state index in [0.717, 1.165) is 11.3 Å². The molecule has 0 unspecified atom stereocenters. The summed E-state index contributed by atoms with van der Waals surface area (Å²) in [4.78, 5) is 20.8. The first-order valence-electron chi connectivity index (χ1n) is 8.65. The minimum atomic E-state index is -0.309.